The molecule has 0 bridgehead atoms. The van der Waals surface area contributed by atoms with Gasteiger partial charge in [0.2, 0.25) is 0 Å². The lowest BCUT2D eigenvalue weighted by molar-refractivity contribution is -0.142. The van der Waals surface area contributed by atoms with Gasteiger partial charge in [-0.3, -0.25) is 9.59 Å². The monoisotopic (exact) mass is 322 g/mol. The molecule has 0 spiro atoms. The van der Waals surface area contributed by atoms with Gasteiger partial charge in [-0.1, -0.05) is 37.3 Å². The third kappa shape index (κ3) is 2.24. The molecule has 122 valence electrons. The number of fused-ring (bicyclic) bond motifs is 3. The number of aromatic nitrogens is 1. The molecule has 4 rings (SSSR count). The van der Waals surface area contributed by atoms with Gasteiger partial charge >= 0.3 is 5.97 Å². The summed E-state index contributed by atoms with van der Waals surface area (Å²) in [5, 5.41) is 12.5. The van der Waals surface area contributed by atoms with Gasteiger partial charge < -0.3 is 15.0 Å². The van der Waals surface area contributed by atoms with E-state index in [9.17, 15) is 14.7 Å². The zero-order valence-electron chi connectivity index (χ0n) is 13.3. The molecule has 2 N–H and O–H groups in total. The third-order valence-corrected chi connectivity index (χ3v) is 4.98. The van der Waals surface area contributed by atoms with Gasteiger partial charge in [-0.2, -0.15) is 0 Å². The zero-order chi connectivity index (χ0) is 16.8. The van der Waals surface area contributed by atoms with Crippen LogP contribution in [-0.2, 0) is 4.79 Å². The number of amides is 1. The van der Waals surface area contributed by atoms with Crippen molar-refractivity contribution in [1.29, 1.82) is 0 Å². The Kier molecular flexibility index (Phi) is 3.30. The Labute approximate surface area is 138 Å². The first-order valence-electron chi connectivity index (χ1n) is 8.07. The van der Waals surface area contributed by atoms with Gasteiger partial charge in [-0.05, 0) is 28.8 Å². The van der Waals surface area contributed by atoms with Gasteiger partial charge in [0, 0.05) is 24.0 Å². The smallest absolute Gasteiger partial charge is 0.308 e. The number of aliphatic carboxylic acids is 1. The van der Waals surface area contributed by atoms with Crippen LogP contribution < -0.4 is 0 Å². The van der Waals surface area contributed by atoms with E-state index in [0.717, 1.165) is 21.7 Å². The second kappa shape index (κ2) is 5.37. The molecule has 1 aliphatic heterocycles. The van der Waals surface area contributed by atoms with Crippen LogP contribution in [0.5, 0.6) is 0 Å². The topological polar surface area (TPSA) is 73.4 Å². The van der Waals surface area contributed by atoms with Crippen LogP contribution in [0.3, 0.4) is 0 Å². The van der Waals surface area contributed by atoms with Crippen LogP contribution >= 0.6 is 0 Å². The van der Waals surface area contributed by atoms with Crippen LogP contribution in [0.2, 0.25) is 0 Å². The molecule has 1 saturated heterocycles. The molecular weight excluding hydrogens is 304 g/mol. The van der Waals surface area contributed by atoms with E-state index in [1.807, 2.05) is 49.4 Å². The standard InChI is InChI=1S/C19H18N2O3/c1-11-9-21(10-15(11)19(23)24)18(22)17-8-14-13-5-3-2-4-12(13)6-7-16(14)20-17/h2-8,11,15,20H,9-10H2,1H3,(H,23,24)/t11-,15-/m1/s1. The number of carbonyl (C=O) groups is 2. The molecule has 0 aliphatic carbocycles. The van der Waals surface area contributed by atoms with E-state index in [0.29, 0.717) is 12.2 Å². The lowest BCUT2D eigenvalue weighted by Crippen LogP contribution is -2.30. The highest BCUT2D eigenvalue weighted by Crippen LogP contribution is 2.28. The lowest BCUT2D eigenvalue weighted by atomic mass is 9.99. The molecule has 1 fully saturated rings. The first kappa shape index (κ1) is 14.8. The van der Waals surface area contributed by atoms with E-state index in [1.54, 1.807) is 4.90 Å². The average Bonchev–Trinajstić information content (AvgIpc) is 3.18. The summed E-state index contributed by atoms with van der Waals surface area (Å²) in [6, 6.07) is 13.9. The number of hydrogen-bond donors (Lipinski definition) is 2. The minimum atomic E-state index is -0.833. The fraction of sp³-hybridized carbons (Fsp3) is 0.263. The molecule has 0 saturated carbocycles. The average molecular weight is 322 g/mol. The highest BCUT2D eigenvalue weighted by molar-refractivity contribution is 6.09. The van der Waals surface area contributed by atoms with Crippen molar-refractivity contribution < 1.29 is 14.7 Å². The summed E-state index contributed by atoms with van der Waals surface area (Å²) in [5.74, 6) is -1.48. The maximum atomic E-state index is 12.8. The number of nitrogens with one attached hydrogen (secondary N) is 1. The van der Waals surface area contributed by atoms with Crippen LogP contribution in [0.4, 0.5) is 0 Å². The maximum absolute atomic E-state index is 12.8. The van der Waals surface area contributed by atoms with Crippen LogP contribution in [0.25, 0.3) is 21.7 Å². The summed E-state index contributed by atoms with van der Waals surface area (Å²) in [7, 11) is 0. The normalized spacial score (nSPS) is 20.8. The van der Waals surface area contributed by atoms with E-state index in [-0.39, 0.29) is 18.4 Å². The van der Waals surface area contributed by atoms with Gasteiger partial charge in [0.05, 0.1) is 5.92 Å². The number of carbonyl (C=O) groups excluding carboxylic acids is 1. The van der Waals surface area contributed by atoms with Gasteiger partial charge in [-0.25, -0.2) is 0 Å². The predicted molar refractivity (Wildman–Crippen MR) is 92.0 cm³/mol. The Hall–Kier alpha value is -2.82. The Bertz CT molecular complexity index is 960. The SMILES string of the molecule is C[C@@H]1CN(C(=O)c2cc3c(ccc4ccccc43)[nH]2)C[C@H]1C(=O)O. The summed E-state index contributed by atoms with van der Waals surface area (Å²) >= 11 is 0. The van der Waals surface area contributed by atoms with E-state index in [2.05, 4.69) is 4.98 Å². The molecule has 0 unspecified atom stereocenters. The third-order valence-electron chi connectivity index (χ3n) is 4.98. The van der Waals surface area contributed by atoms with Gasteiger partial charge in [0.15, 0.2) is 0 Å². The second-order valence-electron chi connectivity index (χ2n) is 6.56. The second-order valence-corrected chi connectivity index (χ2v) is 6.56. The summed E-state index contributed by atoms with van der Waals surface area (Å²) in [6.45, 7) is 2.63. The number of hydrogen-bond acceptors (Lipinski definition) is 2. The van der Waals surface area contributed by atoms with E-state index < -0.39 is 11.9 Å². The number of likely N-dealkylation sites (tertiary alicyclic amines) is 1. The Balaban J connectivity index is 1.71. The van der Waals surface area contributed by atoms with Crippen molar-refractivity contribution in [2.24, 2.45) is 11.8 Å². The molecule has 1 aromatic heterocycles. The lowest BCUT2D eigenvalue weighted by Gasteiger charge is -2.14. The first-order chi connectivity index (χ1) is 11.5. The minimum absolute atomic E-state index is 0.0309. The maximum Gasteiger partial charge on any atom is 0.308 e. The van der Waals surface area contributed by atoms with Gasteiger partial charge in [0.1, 0.15) is 5.69 Å². The van der Waals surface area contributed by atoms with E-state index in [4.69, 9.17) is 0 Å². The van der Waals surface area contributed by atoms with Crippen LogP contribution in [0, 0.1) is 11.8 Å². The predicted octanol–water partition coefficient (Wildman–Crippen LogP) is 3.11. The Morgan fingerprint density at radius 3 is 2.67 bits per heavy atom. The molecule has 1 aliphatic rings. The number of H-pyrrole nitrogens is 1. The number of carboxylic acids is 1. The number of carboxylic acid groups (broad SMARTS) is 1. The van der Waals surface area contributed by atoms with Gasteiger partial charge in [0.25, 0.3) is 5.91 Å². The van der Waals surface area contributed by atoms with Gasteiger partial charge in [-0.15, -0.1) is 0 Å². The number of aromatic amines is 1. The van der Waals surface area contributed by atoms with Crippen LogP contribution in [0.1, 0.15) is 17.4 Å². The number of rotatable bonds is 2. The first-order valence-corrected chi connectivity index (χ1v) is 8.07. The van der Waals surface area contributed by atoms with Crippen LogP contribution in [-0.4, -0.2) is 40.0 Å². The molecule has 2 atom stereocenters. The molecule has 2 heterocycles. The Morgan fingerprint density at radius 2 is 1.92 bits per heavy atom. The molecule has 24 heavy (non-hydrogen) atoms. The molecule has 0 radical (unpaired) electrons. The highest BCUT2D eigenvalue weighted by atomic mass is 16.4. The minimum Gasteiger partial charge on any atom is -0.481 e. The zero-order valence-corrected chi connectivity index (χ0v) is 13.3. The highest BCUT2D eigenvalue weighted by Gasteiger charge is 2.37. The van der Waals surface area contributed by atoms with E-state index >= 15 is 0 Å². The molecule has 2 aromatic carbocycles. The largest absolute Gasteiger partial charge is 0.481 e. The fourth-order valence-corrected chi connectivity index (χ4v) is 3.63. The number of benzene rings is 2. The van der Waals surface area contributed by atoms with Crippen molar-refractivity contribution in [2.75, 3.05) is 13.1 Å². The van der Waals surface area contributed by atoms with Crippen molar-refractivity contribution in [1.82, 2.24) is 9.88 Å². The Morgan fingerprint density at radius 1 is 1.12 bits per heavy atom. The quantitative estimate of drug-likeness (QED) is 0.761. The molecular formula is C19H18N2O3. The van der Waals surface area contributed by atoms with Crippen molar-refractivity contribution in [2.45, 2.75) is 6.92 Å². The van der Waals surface area contributed by atoms with Crippen molar-refractivity contribution in [3.05, 3.63) is 48.2 Å². The summed E-state index contributed by atoms with van der Waals surface area (Å²) in [4.78, 5) is 28.8. The van der Waals surface area contributed by atoms with Crippen molar-refractivity contribution in [3.63, 3.8) is 0 Å². The summed E-state index contributed by atoms with van der Waals surface area (Å²) in [6.07, 6.45) is 0. The molecule has 5 nitrogen and oxygen atoms in total. The fourth-order valence-electron chi connectivity index (χ4n) is 3.63. The number of nitrogens with zero attached hydrogens (tertiary/aromatic N) is 1. The van der Waals surface area contributed by atoms with Crippen LogP contribution in [0.15, 0.2) is 42.5 Å². The molecule has 5 heteroatoms. The van der Waals surface area contributed by atoms with E-state index in [1.165, 1.54) is 0 Å². The molecule has 1 amide bonds. The van der Waals surface area contributed by atoms with Crippen molar-refractivity contribution >= 4 is 33.6 Å². The summed E-state index contributed by atoms with van der Waals surface area (Å²) < 4.78 is 0. The summed E-state index contributed by atoms with van der Waals surface area (Å²) in [5.41, 5.74) is 1.43. The van der Waals surface area contributed by atoms with Crippen molar-refractivity contribution in [3.8, 4) is 0 Å². The molecule has 3 aromatic rings.